The Hall–Kier alpha value is -1.75. The molecule has 94 valence electrons. The average molecular weight is 261 g/mol. The molecule has 0 bridgehead atoms. The van der Waals surface area contributed by atoms with Crippen LogP contribution in [-0.2, 0) is 6.42 Å². The molecule has 2 rings (SSSR count). The molecule has 5 heteroatoms. The molecule has 0 saturated heterocycles. The fraction of sp³-hybridized carbons (Fsp3) is 0.308. The lowest BCUT2D eigenvalue weighted by molar-refractivity contribution is 0.846. The largest absolute Gasteiger partial charge is 0.296 e. The highest BCUT2D eigenvalue weighted by Crippen LogP contribution is 2.15. The van der Waals surface area contributed by atoms with E-state index in [1.54, 1.807) is 0 Å². The zero-order valence-corrected chi connectivity index (χ0v) is 11.2. The van der Waals surface area contributed by atoms with E-state index in [0.29, 0.717) is 18.0 Å². The third kappa shape index (κ3) is 2.92. The van der Waals surface area contributed by atoms with Crippen molar-refractivity contribution in [2.45, 2.75) is 26.2 Å². The Balaban J connectivity index is 2.23. The number of rotatable bonds is 3. The zero-order valence-electron chi connectivity index (χ0n) is 10.4. The summed E-state index contributed by atoms with van der Waals surface area (Å²) in [6, 6.07) is 8.22. The molecule has 1 aromatic heterocycles. The first kappa shape index (κ1) is 12.7. The second kappa shape index (κ2) is 5.27. The van der Waals surface area contributed by atoms with Gasteiger partial charge in [0, 0.05) is 6.42 Å². The number of benzene rings is 1. The van der Waals surface area contributed by atoms with Crippen LogP contribution in [0.4, 0.5) is 0 Å². The van der Waals surface area contributed by atoms with Crippen LogP contribution in [-0.4, -0.2) is 15.2 Å². The first-order valence-electron chi connectivity index (χ1n) is 5.83. The van der Waals surface area contributed by atoms with Crippen molar-refractivity contribution in [1.29, 1.82) is 0 Å². The molecule has 18 heavy (non-hydrogen) atoms. The van der Waals surface area contributed by atoms with E-state index in [-0.39, 0.29) is 10.3 Å². The molecule has 0 spiro atoms. The second-order valence-corrected chi connectivity index (χ2v) is 4.93. The van der Waals surface area contributed by atoms with Gasteiger partial charge in [-0.25, -0.2) is 0 Å². The minimum atomic E-state index is -0.230. The summed E-state index contributed by atoms with van der Waals surface area (Å²) in [7, 11) is 0. The molecule has 0 aliphatic carbocycles. The second-order valence-electron chi connectivity index (χ2n) is 4.53. The van der Waals surface area contributed by atoms with Gasteiger partial charge in [0.05, 0.1) is 0 Å². The summed E-state index contributed by atoms with van der Waals surface area (Å²) in [5, 5.41) is 6.56. The van der Waals surface area contributed by atoms with Crippen LogP contribution in [0, 0.1) is 4.77 Å². The van der Waals surface area contributed by atoms with Crippen LogP contribution in [0.5, 0.6) is 0 Å². The van der Waals surface area contributed by atoms with Gasteiger partial charge in [0.1, 0.15) is 5.69 Å². The molecule has 0 fully saturated rings. The highest BCUT2D eigenvalue weighted by molar-refractivity contribution is 7.71. The molecule has 0 unspecified atom stereocenters. The molecule has 2 N–H and O–H groups in total. The van der Waals surface area contributed by atoms with Gasteiger partial charge in [0.25, 0.3) is 5.56 Å². The van der Waals surface area contributed by atoms with Crippen molar-refractivity contribution < 1.29 is 0 Å². The predicted octanol–water partition coefficient (Wildman–Crippen LogP) is 2.54. The molecular weight excluding hydrogens is 246 g/mol. The molecule has 1 aromatic carbocycles. The highest BCUT2D eigenvalue weighted by atomic mass is 32.1. The van der Waals surface area contributed by atoms with Gasteiger partial charge in [-0.1, -0.05) is 38.1 Å². The first-order valence-corrected chi connectivity index (χ1v) is 6.24. The number of hydrogen-bond donors (Lipinski definition) is 2. The van der Waals surface area contributed by atoms with E-state index in [9.17, 15) is 4.79 Å². The normalized spacial score (nSPS) is 10.8. The molecule has 2 aromatic rings. The van der Waals surface area contributed by atoms with Crippen molar-refractivity contribution >= 4 is 12.2 Å². The van der Waals surface area contributed by atoms with Crippen molar-refractivity contribution in [3.05, 3.63) is 56.2 Å². The standard InChI is InChI=1S/C13H15N3OS/c1-8(2)10-5-3-9(4-6-10)7-11-12(17)14-13(18)16-15-11/h3-6,8H,7H2,1-2H3,(H2,14,16,17,18). The third-order valence-electron chi connectivity index (χ3n) is 2.80. The molecule has 0 saturated carbocycles. The maximum atomic E-state index is 11.6. The Morgan fingerprint density at radius 1 is 1.28 bits per heavy atom. The van der Waals surface area contributed by atoms with E-state index >= 15 is 0 Å². The Morgan fingerprint density at radius 3 is 2.50 bits per heavy atom. The van der Waals surface area contributed by atoms with Crippen molar-refractivity contribution in [3.8, 4) is 0 Å². The summed E-state index contributed by atoms with van der Waals surface area (Å²) in [6.07, 6.45) is 0.500. The Labute approximate surface area is 110 Å². The number of aromatic nitrogens is 3. The highest BCUT2D eigenvalue weighted by Gasteiger charge is 2.04. The molecule has 0 amide bonds. The predicted molar refractivity (Wildman–Crippen MR) is 73.4 cm³/mol. The lowest BCUT2D eigenvalue weighted by Crippen LogP contribution is -2.16. The van der Waals surface area contributed by atoms with Crippen LogP contribution >= 0.6 is 12.2 Å². The fourth-order valence-electron chi connectivity index (χ4n) is 1.71. The fourth-order valence-corrected chi connectivity index (χ4v) is 1.84. The van der Waals surface area contributed by atoms with E-state index in [2.05, 4.69) is 41.2 Å². The Bertz CT molecular complexity index is 640. The van der Waals surface area contributed by atoms with E-state index in [1.807, 2.05) is 12.1 Å². The maximum Gasteiger partial charge on any atom is 0.273 e. The smallest absolute Gasteiger partial charge is 0.273 e. The monoisotopic (exact) mass is 261 g/mol. The molecule has 1 heterocycles. The van der Waals surface area contributed by atoms with E-state index in [1.165, 1.54) is 5.56 Å². The zero-order chi connectivity index (χ0) is 13.1. The van der Waals surface area contributed by atoms with Gasteiger partial charge >= 0.3 is 0 Å². The summed E-state index contributed by atoms with van der Waals surface area (Å²) < 4.78 is 0.249. The summed E-state index contributed by atoms with van der Waals surface area (Å²) in [5.41, 5.74) is 2.56. The van der Waals surface area contributed by atoms with Gasteiger partial charge in [-0.05, 0) is 29.3 Å². The van der Waals surface area contributed by atoms with Crippen LogP contribution in [0.3, 0.4) is 0 Å². The van der Waals surface area contributed by atoms with Gasteiger partial charge in [-0.2, -0.15) is 5.10 Å². The Kier molecular flexibility index (Phi) is 3.72. The summed E-state index contributed by atoms with van der Waals surface area (Å²) in [6.45, 7) is 4.30. The van der Waals surface area contributed by atoms with Crippen molar-refractivity contribution in [2.75, 3.05) is 0 Å². The number of nitrogens with zero attached hydrogens (tertiary/aromatic N) is 1. The van der Waals surface area contributed by atoms with Gasteiger partial charge in [0.15, 0.2) is 4.77 Å². The summed E-state index contributed by atoms with van der Waals surface area (Å²) in [5.74, 6) is 0.508. The van der Waals surface area contributed by atoms with E-state index < -0.39 is 0 Å². The van der Waals surface area contributed by atoms with Gasteiger partial charge in [0.2, 0.25) is 0 Å². The van der Waals surface area contributed by atoms with E-state index in [0.717, 1.165) is 5.56 Å². The van der Waals surface area contributed by atoms with Gasteiger partial charge in [-0.15, -0.1) is 0 Å². The molecule has 4 nitrogen and oxygen atoms in total. The molecule has 0 atom stereocenters. The molecule has 0 radical (unpaired) electrons. The van der Waals surface area contributed by atoms with Crippen LogP contribution in [0.2, 0.25) is 0 Å². The maximum absolute atomic E-state index is 11.6. The third-order valence-corrected chi connectivity index (χ3v) is 2.99. The van der Waals surface area contributed by atoms with Crippen LogP contribution in [0.15, 0.2) is 29.1 Å². The van der Waals surface area contributed by atoms with E-state index in [4.69, 9.17) is 12.2 Å². The summed E-state index contributed by atoms with van der Waals surface area (Å²) >= 11 is 4.80. The lowest BCUT2D eigenvalue weighted by Gasteiger charge is -2.06. The lowest BCUT2D eigenvalue weighted by atomic mass is 10.0. The summed E-state index contributed by atoms with van der Waals surface area (Å²) in [4.78, 5) is 14.1. The topological polar surface area (TPSA) is 61.5 Å². The minimum Gasteiger partial charge on any atom is -0.296 e. The number of H-pyrrole nitrogens is 2. The quantitative estimate of drug-likeness (QED) is 0.835. The van der Waals surface area contributed by atoms with Gasteiger partial charge < -0.3 is 0 Å². The SMILES string of the molecule is CC(C)c1ccc(Cc2n[nH]c(=S)[nH]c2=O)cc1. The van der Waals surface area contributed by atoms with Crippen LogP contribution in [0.1, 0.15) is 36.6 Å². The molecular formula is C13H15N3OS. The minimum absolute atomic E-state index is 0.230. The average Bonchev–Trinajstić information content (AvgIpc) is 2.33. The number of hydrogen-bond acceptors (Lipinski definition) is 3. The van der Waals surface area contributed by atoms with Crippen molar-refractivity contribution in [2.24, 2.45) is 0 Å². The van der Waals surface area contributed by atoms with Gasteiger partial charge in [-0.3, -0.25) is 14.9 Å². The first-order chi connectivity index (χ1) is 8.56. The van der Waals surface area contributed by atoms with Crippen molar-refractivity contribution in [1.82, 2.24) is 15.2 Å². The Morgan fingerprint density at radius 2 is 1.94 bits per heavy atom. The van der Waals surface area contributed by atoms with Crippen LogP contribution in [0.25, 0.3) is 0 Å². The number of nitrogens with one attached hydrogen (secondary N) is 2. The molecule has 0 aliphatic rings. The number of aromatic amines is 2. The van der Waals surface area contributed by atoms with Crippen LogP contribution < -0.4 is 5.56 Å². The van der Waals surface area contributed by atoms with Crippen molar-refractivity contribution in [3.63, 3.8) is 0 Å². The molecule has 0 aliphatic heterocycles.